The molecule has 3 rings (SSSR count). The van der Waals surface area contributed by atoms with Crippen molar-refractivity contribution in [2.45, 2.75) is 13.0 Å². The molecule has 0 fully saturated rings. The van der Waals surface area contributed by atoms with Gasteiger partial charge in [-0.25, -0.2) is 4.79 Å². The number of pyridine rings is 1. The third-order valence-electron chi connectivity index (χ3n) is 3.97. The number of hydrogen-bond acceptors (Lipinski definition) is 6. The predicted octanol–water partition coefficient (Wildman–Crippen LogP) is 2.62. The third-order valence-corrected chi connectivity index (χ3v) is 3.97. The number of carbonyl (C=O) groups excluding carboxylic acids is 2. The molecule has 0 radical (unpaired) electrons. The van der Waals surface area contributed by atoms with Gasteiger partial charge in [-0.3, -0.25) is 19.7 Å². The van der Waals surface area contributed by atoms with Crippen LogP contribution < -0.4 is 10.7 Å². The number of esters is 1. The fourth-order valence-corrected chi connectivity index (χ4v) is 2.56. The Balaban J connectivity index is 1.75. The van der Waals surface area contributed by atoms with Gasteiger partial charge in [-0.1, -0.05) is 24.3 Å². The fraction of sp³-hybridized carbons (Fsp3) is 0.105. The Morgan fingerprint density at radius 3 is 2.57 bits per heavy atom. The molecular formula is C19H15N3O6. The Bertz CT molecular complexity index is 1140. The Hall–Kier alpha value is -4.01. The van der Waals surface area contributed by atoms with Crippen LogP contribution in [0.3, 0.4) is 0 Å². The summed E-state index contributed by atoms with van der Waals surface area (Å²) in [4.78, 5) is 49.8. The lowest BCUT2D eigenvalue weighted by molar-refractivity contribution is -0.383. The van der Waals surface area contributed by atoms with E-state index in [2.05, 4.69) is 10.3 Å². The molecule has 0 saturated carbocycles. The highest BCUT2D eigenvalue weighted by Crippen LogP contribution is 2.23. The van der Waals surface area contributed by atoms with Crippen LogP contribution in [0.15, 0.2) is 59.4 Å². The summed E-state index contributed by atoms with van der Waals surface area (Å²) in [6.07, 6.45) is -1.25. The van der Waals surface area contributed by atoms with E-state index in [4.69, 9.17) is 4.74 Å². The summed E-state index contributed by atoms with van der Waals surface area (Å²) >= 11 is 0. The van der Waals surface area contributed by atoms with Crippen molar-refractivity contribution in [3.05, 3.63) is 80.6 Å². The maximum Gasteiger partial charge on any atom is 0.355 e. The Kier molecular flexibility index (Phi) is 5.16. The predicted molar refractivity (Wildman–Crippen MR) is 101 cm³/mol. The van der Waals surface area contributed by atoms with Gasteiger partial charge in [0, 0.05) is 23.0 Å². The van der Waals surface area contributed by atoms with Crippen molar-refractivity contribution < 1.29 is 19.2 Å². The van der Waals surface area contributed by atoms with Crippen LogP contribution in [0.4, 0.5) is 11.4 Å². The minimum absolute atomic E-state index is 0.0143. The zero-order chi connectivity index (χ0) is 20.3. The fourth-order valence-electron chi connectivity index (χ4n) is 2.56. The van der Waals surface area contributed by atoms with Gasteiger partial charge in [0.1, 0.15) is 11.4 Å². The zero-order valence-corrected chi connectivity index (χ0v) is 14.7. The number of H-pyrrole nitrogens is 1. The summed E-state index contributed by atoms with van der Waals surface area (Å²) in [5, 5.41) is 13.8. The summed E-state index contributed by atoms with van der Waals surface area (Å²) in [5.74, 6) is -1.64. The highest BCUT2D eigenvalue weighted by Gasteiger charge is 2.23. The summed E-state index contributed by atoms with van der Waals surface area (Å²) < 4.78 is 5.08. The van der Waals surface area contributed by atoms with E-state index in [-0.39, 0.29) is 22.5 Å². The third kappa shape index (κ3) is 3.88. The molecule has 1 aromatic heterocycles. The topological polar surface area (TPSA) is 131 Å². The smallest absolute Gasteiger partial charge is 0.355 e. The second kappa shape index (κ2) is 7.70. The first-order valence-corrected chi connectivity index (χ1v) is 8.24. The van der Waals surface area contributed by atoms with Crippen molar-refractivity contribution in [3.63, 3.8) is 0 Å². The molecule has 142 valence electrons. The molecule has 1 atom stereocenters. The van der Waals surface area contributed by atoms with Crippen LogP contribution in [-0.4, -0.2) is 27.9 Å². The first-order chi connectivity index (χ1) is 13.4. The minimum atomic E-state index is -1.25. The number of nitrogens with zero attached hydrogens (tertiary/aromatic N) is 1. The number of aromatic amines is 1. The van der Waals surface area contributed by atoms with Gasteiger partial charge in [-0.05, 0) is 25.1 Å². The molecule has 2 N–H and O–H groups in total. The number of amides is 1. The number of aromatic nitrogens is 1. The average molecular weight is 381 g/mol. The van der Waals surface area contributed by atoms with Crippen molar-refractivity contribution in [1.29, 1.82) is 0 Å². The van der Waals surface area contributed by atoms with Crippen molar-refractivity contribution >= 4 is 34.2 Å². The van der Waals surface area contributed by atoms with E-state index in [0.717, 1.165) is 6.07 Å². The van der Waals surface area contributed by atoms with Crippen LogP contribution in [0.1, 0.15) is 17.4 Å². The molecule has 0 unspecified atom stereocenters. The van der Waals surface area contributed by atoms with Crippen molar-refractivity contribution in [2.75, 3.05) is 5.32 Å². The standard InChI is InChI=1S/C19H15N3O6/c1-11(18(24)21-14-8-4-5-9-16(14)22(26)27)28-19(25)15-10-17(23)12-6-2-3-7-13(12)20-15/h2-11H,1H3,(H,20,23)(H,21,24)/t11-/m1/s1. The van der Waals surface area contributed by atoms with Crippen LogP contribution in [0.25, 0.3) is 10.9 Å². The maximum absolute atomic E-state index is 12.3. The van der Waals surface area contributed by atoms with E-state index in [1.807, 2.05) is 0 Å². The number of nitrogens with one attached hydrogen (secondary N) is 2. The van der Waals surface area contributed by atoms with Crippen LogP contribution in [0.2, 0.25) is 0 Å². The van der Waals surface area contributed by atoms with E-state index in [9.17, 15) is 24.5 Å². The van der Waals surface area contributed by atoms with Gasteiger partial charge in [-0.15, -0.1) is 0 Å². The highest BCUT2D eigenvalue weighted by molar-refractivity contribution is 5.98. The zero-order valence-electron chi connectivity index (χ0n) is 14.7. The van der Waals surface area contributed by atoms with Gasteiger partial charge < -0.3 is 15.0 Å². The number of nitro groups is 1. The summed E-state index contributed by atoms with van der Waals surface area (Å²) in [6.45, 7) is 1.32. The molecule has 0 aliphatic rings. The first kappa shape index (κ1) is 18.8. The van der Waals surface area contributed by atoms with Crippen molar-refractivity contribution in [2.24, 2.45) is 0 Å². The number of hydrogen-bond donors (Lipinski definition) is 2. The van der Waals surface area contributed by atoms with E-state index in [1.54, 1.807) is 24.3 Å². The first-order valence-electron chi connectivity index (χ1n) is 8.24. The minimum Gasteiger partial charge on any atom is -0.448 e. The molecule has 2 aromatic carbocycles. The molecule has 0 bridgehead atoms. The molecule has 28 heavy (non-hydrogen) atoms. The number of para-hydroxylation sites is 3. The van der Waals surface area contributed by atoms with Gasteiger partial charge in [-0.2, -0.15) is 0 Å². The summed E-state index contributed by atoms with van der Waals surface area (Å²) in [5.41, 5.74) is -0.306. The van der Waals surface area contributed by atoms with Crippen LogP contribution in [-0.2, 0) is 9.53 Å². The molecule has 1 amide bonds. The lowest BCUT2D eigenvalue weighted by atomic mass is 10.2. The largest absolute Gasteiger partial charge is 0.448 e. The second-order valence-corrected chi connectivity index (χ2v) is 5.90. The molecule has 3 aromatic rings. The Morgan fingerprint density at radius 2 is 1.82 bits per heavy atom. The Morgan fingerprint density at radius 1 is 1.14 bits per heavy atom. The normalized spacial score (nSPS) is 11.6. The summed E-state index contributed by atoms with van der Waals surface area (Å²) in [6, 6.07) is 13.4. The molecule has 0 aliphatic heterocycles. The van der Waals surface area contributed by atoms with Crippen LogP contribution in [0, 0.1) is 10.1 Å². The van der Waals surface area contributed by atoms with E-state index < -0.39 is 22.9 Å². The lowest BCUT2D eigenvalue weighted by Gasteiger charge is -2.13. The number of fused-ring (bicyclic) bond motifs is 1. The number of anilines is 1. The molecule has 1 heterocycles. The van der Waals surface area contributed by atoms with Gasteiger partial charge in [0.2, 0.25) is 0 Å². The molecule has 0 saturated heterocycles. The maximum atomic E-state index is 12.3. The quantitative estimate of drug-likeness (QED) is 0.397. The van der Waals surface area contributed by atoms with Gasteiger partial charge in [0.25, 0.3) is 11.6 Å². The number of carbonyl (C=O) groups is 2. The van der Waals surface area contributed by atoms with E-state index in [1.165, 1.54) is 31.2 Å². The van der Waals surface area contributed by atoms with Gasteiger partial charge >= 0.3 is 5.97 Å². The van der Waals surface area contributed by atoms with Gasteiger partial charge in [0.15, 0.2) is 11.5 Å². The number of rotatable bonds is 5. The molecule has 9 heteroatoms. The van der Waals surface area contributed by atoms with Crippen LogP contribution >= 0.6 is 0 Å². The molecular weight excluding hydrogens is 366 g/mol. The monoisotopic (exact) mass is 381 g/mol. The van der Waals surface area contributed by atoms with Gasteiger partial charge in [0.05, 0.1) is 4.92 Å². The van der Waals surface area contributed by atoms with Crippen molar-refractivity contribution in [3.8, 4) is 0 Å². The number of ether oxygens (including phenoxy) is 1. The Labute approximate surface area is 158 Å². The number of nitro benzene ring substituents is 1. The van der Waals surface area contributed by atoms with Crippen molar-refractivity contribution in [1.82, 2.24) is 4.98 Å². The average Bonchev–Trinajstić information content (AvgIpc) is 2.68. The summed E-state index contributed by atoms with van der Waals surface area (Å²) in [7, 11) is 0. The van der Waals surface area contributed by atoms with E-state index in [0.29, 0.717) is 10.9 Å². The molecule has 0 aliphatic carbocycles. The number of benzene rings is 2. The van der Waals surface area contributed by atoms with E-state index >= 15 is 0 Å². The van der Waals surface area contributed by atoms with Crippen LogP contribution in [0.5, 0.6) is 0 Å². The molecule has 0 spiro atoms. The highest BCUT2D eigenvalue weighted by atomic mass is 16.6. The second-order valence-electron chi connectivity index (χ2n) is 5.90. The SMILES string of the molecule is C[C@@H](OC(=O)c1cc(=O)c2ccccc2[nH]1)C(=O)Nc1ccccc1[N+](=O)[O-]. The lowest BCUT2D eigenvalue weighted by Crippen LogP contribution is -2.30. The molecule has 9 nitrogen and oxygen atoms in total.